The molecule has 0 bridgehead atoms. The third kappa shape index (κ3) is 6.66. The van der Waals surface area contributed by atoms with Gasteiger partial charge < -0.3 is 19.4 Å². The average molecular weight is 548 g/mol. The van der Waals surface area contributed by atoms with E-state index in [0.717, 1.165) is 42.1 Å². The fourth-order valence-corrected chi connectivity index (χ4v) is 4.40. The zero-order valence-corrected chi connectivity index (χ0v) is 21.5. The van der Waals surface area contributed by atoms with Crippen molar-refractivity contribution >= 4 is 41.3 Å². The number of aromatic nitrogens is 1. The van der Waals surface area contributed by atoms with Crippen LogP contribution in [0, 0.1) is 0 Å². The fraction of sp³-hybridized carbons (Fsp3) is 0.619. The molecule has 0 saturated carbocycles. The van der Waals surface area contributed by atoms with Crippen LogP contribution in [-0.4, -0.2) is 61.1 Å². The summed E-state index contributed by atoms with van der Waals surface area (Å²) in [5, 5.41) is 6.51. The lowest BCUT2D eigenvalue weighted by molar-refractivity contribution is 0.119. The first-order valence-corrected chi connectivity index (χ1v) is 11.2. The average Bonchev–Trinajstić information content (AvgIpc) is 3.49. The van der Waals surface area contributed by atoms with Crippen molar-refractivity contribution in [1.82, 2.24) is 20.1 Å². The van der Waals surface area contributed by atoms with Crippen LogP contribution in [0.15, 0.2) is 33.2 Å². The number of thiazole rings is 1. The summed E-state index contributed by atoms with van der Waals surface area (Å²) in [6.07, 6.45) is 4.26. The lowest BCUT2D eigenvalue weighted by Gasteiger charge is -2.26. The van der Waals surface area contributed by atoms with E-state index in [1.54, 1.807) is 24.7 Å². The molecule has 9 heteroatoms. The second-order valence-electron chi connectivity index (χ2n) is 7.38. The third-order valence-electron chi connectivity index (χ3n) is 5.23. The van der Waals surface area contributed by atoms with E-state index in [4.69, 9.17) is 19.1 Å². The van der Waals surface area contributed by atoms with E-state index in [1.807, 2.05) is 13.0 Å². The molecule has 0 aliphatic carbocycles. The topological polar surface area (TPSA) is 66.1 Å². The molecule has 2 unspecified atom stereocenters. The van der Waals surface area contributed by atoms with Crippen molar-refractivity contribution in [1.29, 1.82) is 0 Å². The number of likely N-dealkylation sites (tertiary alicyclic amines) is 1. The molecule has 1 fully saturated rings. The van der Waals surface area contributed by atoms with E-state index in [-0.39, 0.29) is 36.1 Å². The largest absolute Gasteiger partial charge is 0.468 e. The van der Waals surface area contributed by atoms with E-state index < -0.39 is 0 Å². The standard InChI is InChI=1S/C21H33N5O2S.HI/c1-5-22-21(25(3)14-17-15-29-20(24-17)16(2)27-4)23-13-18(19-9-8-12-28-19)26-10-6-7-11-26;/h8-9,12,15-16,18H,5-7,10-11,13-14H2,1-4H3,(H,22,23);1H. The number of hydrogen-bond donors (Lipinski definition) is 1. The molecular formula is C21H34IN5O2S. The Bertz CT molecular complexity index is 761. The summed E-state index contributed by atoms with van der Waals surface area (Å²) in [6.45, 7) is 8.51. The Kier molecular flexibility index (Phi) is 10.6. The number of ether oxygens (including phenoxy) is 1. The second kappa shape index (κ2) is 12.6. The maximum atomic E-state index is 5.73. The molecule has 168 valence electrons. The second-order valence-corrected chi connectivity index (χ2v) is 8.27. The molecule has 0 spiro atoms. The van der Waals surface area contributed by atoms with Crippen molar-refractivity contribution in [3.8, 4) is 0 Å². The van der Waals surface area contributed by atoms with Crippen LogP contribution < -0.4 is 5.32 Å². The zero-order valence-electron chi connectivity index (χ0n) is 18.3. The SMILES string of the molecule is CCNC(=NCC(c1ccco1)N1CCCC1)N(C)Cc1csc(C(C)OC)n1.I. The van der Waals surface area contributed by atoms with E-state index in [0.29, 0.717) is 13.1 Å². The molecule has 2 aromatic rings. The number of aliphatic imine (C=N–C) groups is 1. The van der Waals surface area contributed by atoms with Gasteiger partial charge in [-0.3, -0.25) is 9.89 Å². The van der Waals surface area contributed by atoms with Crippen molar-refractivity contribution in [3.63, 3.8) is 0 Å². The first kappa shape index (κ1) is 25.1. The van der Waals surface area contributed by atoms with E-state index in [1.165, 1.54) is 12.8 Å². The number of hydrogen-bond acceptors (Lipinski definition) is 6. The molecule has 3 heterocycles. The van der Waals surface area contributed by atoms with Crippen LogP contribution in [0.25, 0.3) is 0 Å². The lowest BCUT2D eigenvalue weighted by atomic mass is 10.2. The Morgan fingerprint density at radius 1 is 1.43 bits per heavy atom. The molecular weight excluding hydrogens is 513 g/mol. The van der Waals surface area contributed by atoms with Gasteiger partial charge in [0.15, 0.2) is 5.96 Å². The molecule has 1 saturated heterocycles. The van der Waals surface area contributed by atoms with Crippen molar-refractivity contribution < 1.29 is 9.15 Å². The van der Waals surface area contributed by atoms with Gasteiger partial charge in [-0.25, -0.2) is 4.98 Å². The van der Waals surface area contributed by atoms with Gasteiger partial charge in [-0.05, 0) is 51.9 Å². The quantitative estimate of drug-likeness (QED) is 0.287. The predicted octanol–water partition coefficient (Wildman–Crippen LogP) is 4.30. The lowest BCUT2D eigenvalue weighted by Crippen LogP contribution is -2.39. The number of guanidine groups is 1. The number of methoxy groups -OCH3 is 1. The molecule has 1 N–H and O–H groups in total. The van der Waals surface area contributed by atoms with E-state index >= 15 is 0 Å². The molecule has 0 amide bonds. The van der Waals surface area contributed by atoms with Crippen LogP contribution in [0.5, 0.6) is 0 Å². The van der Waals surface area contributed by atoms with Crippen molar-refractivity contribution in [2.45, 2.75) is 45.4 Å². The monoisotopic (exact) mass is 547 g/mol. The Morgan fingerprint density at radius 2 is 2.20 bits per heavy atom. The summed E-state index contributed by atoms with van der Waals surface area (Å²) in [5.74, 6) is 1.88. The van der Waals surface area contributed by atoms with Gasteiger partial charge in [-0.15, -0.1) is 35.3 Å². The van der Waals surface area contributed by atoms with Crippen LogP contribution >= 0.6 is 35.3 Å². The van der Waals surface area contributed by atoms with E-state index in [9.17, 15) is 0 Å². The van der Waals surface area contributed by atoms with Gasteiger partial charge in [0.2, 0.25) is 0 Å². The molecule has 30 heavy (non-hydrogen) atoms. The summed E-state index contributed by atoms with van der Waals surface area (Å²) in [6, 6.07) is 4.20. The highest BCUT2D eigenvalue weighted by atomic mass is 127. The van der Waals surface area contributed by atoms with Gasteiger partial charge in [-0.2, -0.15) is 0 Å². The fourth-order valence-electron chi connectivity index (χ4n) is 3.56. The van der Waals surface area contributed by atoms with E-state index in [2.05, 4.69) is 40.5 Å². The van der Waals surface area contributed by atoms with Crippen LogP contribution in [-0.2, 0) is 11.3 Å². The van der Waals surface area contributed by atoms with Crippen molar-refractivity contribution in [2.24, 2.45) is 4.99 Å². The Labute approximate surface area is 200 Å². The van der Waals surface area contributed by atoms with Gasteiger partial charge in [-0.1, -0.05) is 0 Å². The predicted molar refractivity (Wildman–Crippen MR) is 133 cm³/mol. The molecule has 0 aromatic carbocycles. The van der Waals surface area contributed by atoms with Crippen molar-refractivity contribution in [2.75, 3.05) is 40.3 Å². The number of halogens is 1. The van der Waals surface area contributed by atoms with Gasteiger partial charge in [0, 0.05) is 26.1 Å². The Hall–Kier alpha value is -1.17. The normalized spacial score (nSPS) is 16.9. The maximum Gasteiger partial charge on any atom is 0.194 e. The maximum absolute atomic E-state index is 5.73. The summed E-state index contributed by atoms with van der Waals surface area (Å²) in [5.41, 5.74) is 1.03. The minimum Gasteiger partial charge on any atom is -0.468 e. The van der Waals surface area contributed by atoms with Crippen LogP contribution in [0.1, 0.15) is 55.3 Å². The zero-order chi connectivity index (χ0) is 20.6. The summed E-state index contributed by atoms with van der Waals surface area (Å²) in [7, 11) is 3.77. The van der Waals surface area contributed by atoms with Gasteiger partial charge in [0.05, 0.1) is 31.1 Å². The first-order valence-electron chi connectivity index (χ1n) is 10.4. The summed E-state index contributed by atoms with van der Waals surface area (Å²) >= 11 is 1.64. The summed E-state index contributed by atoms with van der Waals surface area (Å²) in [4.78, 5) is 14.3. The molecule has 3 rings (SSSR count). The van der Waals surface area contributed by atoms with Gasteiger partial charge in [0.25, 0.3) is 0 Å². The van der Waals surface area contributed by atoms with Gasteiger partial charge >= 0.3 is 0 Å². The van der Waals surface area contributed by atoms with Crippen molar-refractivity contribution in [3.05, 3.63) is 40.2 Å². The highest BCUT2D eigenvalue weighted by Crippen LogP contribution is 2.26. The molecule has 2 atom stereocenters. The minimum atomic E-state index is 0. The smallest absolute Gasteiger partial charge is 0.194 e. The molecule has 1 aliphatic heterocycles. The highest BCUT2D eigenvalue weighted by molar-refractivity contribution is 14.0. The number of furan rings is 1. The van der Waals surface area contributed by atoms with Crippen LogP contribution in [0.3, 0.4) is 0 Å². The molecule has 2 aromatic heterocycles. The number of nitrogens with zero attached hydrogens (tertiary/aromatic N) is 4. The molecule has 1 aliphatic rings. The third-order valence-corrected chi connectivity index (χ3v) is 6.29. The Morgan fingerprint density at radius 3 is 2.83 bits per heavy atom. The van der Waals surface area contributed by atoms with Crippen LogP contribution in [0.2, 0.25) is 0 Å². The minimum absolute atomic E-state index is 0. The summed E-state index contributed by atoms with van der Waals surface area (Å²) < 4.78 is 11.1. The molecule has 0 radical (unpaired) electrons. The number of rotatable bonds is 9. The first-order chi connectivity index (χ1) is 14.1. The Balaban J connectivity index is 0.00000320. The van der Waals surface area contributed by atoms with Crippen LogP contribution in [0.4, 0.5) is 0 Å². The molecule has 7 nitrogen and oxygen atoms in total. The number of nitrogens with one attached hydrogen (secondary N) is 1. The highest BCUT2D eigenvalue weighted by Gasteiger charge is 2.25. The van der Waals surface area contributed by atoms with Gasteiger partial charge in [0.1, 0.15) is 16.9 Å².